The van der Waals surface area contributed by atoms with Gasteiger partial charge in [0.25, 0.3) is 5.91 Å². The molecule has 0 bridgehead atoms. The highest BCUT2D eigenvalue weighted by atomic mass is 19.4. The van der Waals surface area contributed by atoms with Gasteiger partial charge in [0.15, 0.2) is 0 Å². The fourth-order valence-electron chi connectivity index (χ4n) is 2.35. The van der Waals surface area contributed by atoms with Crippen molar-refractivity contribution in [2.45, 2.75) is 25.1 Å². The van der Waals surface area contributed by atoms with Crippen LogP contribution in [0.2, 0.25) is 0 Å². The fourth-order valence-corrected chi connectivity index (χ4v) is 2.35. The van der Waals surface area contributed by atoms with E-state index < -0.39 is 23.7 Å². The highest BCUT2D eigenvalue weighted by Crippen LogP contribution is 2.31. The molecule has 1 unspecified atom stereocenters. The summed E-state index contributed by atoms with van der Waals surface area (Å²) in [6.45, 7) is 0. The van der Waals surface area contributed by atoms with Crippen molar-refractivity contribution in [1.82, 2.24) is 20.3 Å². The molecule has 0 spiro atoms. The number of rotatable bonds is 2. The summed E-state index contributed by atoms with van der Waals surface area (Å²) in [5.41, 5.74) is -0.315. The fraction of sp³-hybridized carbons (Fsp3) is 0.286. The smallest absolute Gasteiger partial charge is 0.295 e. The standard InChI is InChI=1S/C14H11F3N4O2/c15-14(16,17)9-3-1-2-8(6-9)10-7-21(20-19-10)11-4-5-12(22)18-13(11)23/h1-3,6-7,11H,4-5H2,(H,18,22,23). The van der Waals surface area contributed by atoms with Crippen LogP contribution in [-0.2, 0) is 15.8 Å². The van der Waals surface area contributed by atoms with E-state index in [1.54, 1.807) is 0 Å². The summed E-state index contributed by atoms with van der Waals surface area (Å²) in [7, 11) is 0. The molecule has 2 aromatic rings. The van der Waals surface area contributed by atoms with Gasteiger partial charge in [-0.25, -0.2) is 4.68 Å². The van der Waals surface area contributed by atoms with E-state index in [1.165, 1.54) is 23.0 Å². The van der Waals surface area contributed by atoms with E-state index in [0.29, 0.717) is 0 Å². The van der Waals surface area contributed by atoms with Gasteiger partial charge in [0.1, 0.15) is 11.7 Å². The Morgan fingerprint density at radius 1 is 1.26 bits per heavy atom. The van der Waals surface area contributed by atoms with E-state index in [9.17, 15) is 22.8 Å². The van der Waals surface area contributed by atoms with Crippen molar-refractivity contribution < 1.29 is 22.8 Å². The summed E-state index contributed by atoms with van der Waals surface area (Å²) in [5.74, 6) is -0.855. The number of imide groups is 1. The summed E-state index contributed by atoms with van der Waals surface area (Å²) in [6, 6.07) is 4.00. The number of piperidine rings is 1. The first-order valence-electron chi connectivity index (χ1n) is 6.78. The molecule has 0 aliphatic carbocycles. The molecule has 0 saturated carbocycles. The molecule has 1 aromatic carbocycles. The topological polar surface area (TPSA) is 76.9 Å². The largest absolute Gasteiger partial charge is 0.416 e. The molecule has 120 valence electrons. The van der Waals surface area contributed by atoms with Gasteiger partial charge in [-0.1, -0.05) is 17.3 Å². The van der Waals surface area contributed by atoms with Crippen molar-refractivity contribution in [2.75, 3.05) is 0 Å². The Morgan fingerprint density at radius 3 is 2.74 bits per heavy atom. The van der Waals surface area contributed by atoms with Crippen molar-refractivity contribution in [3.05, 3.63) is 36.0 Å². The summed E-state index contributed by atoms with van der Waals surface area (Å²) < 4.78 is 39.5. The maximum Gasteiger partial charge on any atom is 0.416 e. The zero-order valence-electron chi connectivity index (χ0n) is 11.7. The molecule has 1 fully saturated rings. The van der Waals surface area contributed by atoms with Gasteiger partial charge in [-0.3, -0.25) is 14.9 Å². The first kappa shape index (κ1) is 15.2. The first-order chi connectivity index (χ1) is 10.8. The molecule has 2 amide bonds. The van der Waals surface area contributed by atoms with Crippen LogP contribution in [0.1, 0.15) is 24.4 Å². The third-order valence-electron chi connectivity index (χ3n) is 3.53. The predicted molar refractivity (Wildman–Crippen MR) is 71.9 cm³/mol. The van der Waals surface area contributed by atoms with Gasteiger partial charge < -0.3 is 0 Å². The quantitative estimate of drug-likeness (QED) is 0.857. The zero-order chi connectivity index (χ0) is 16.6. The molecule has 2 heterocycles. The highest BCUT2D eigenvalue weighted by Gasteiger charge is 2.31. The zero-order valence-corrected chi connectivity index (χ0v) is 11.7. The first-order valence-corrected chi connectivity index (χ1v) is 6.78. The molecule has 1 saturated heterocycles. The van der Waals surface area contributed by atoms with E-state index >= 15 is 0 Å². The number of aromatic nitrogens is 3. The lowest BCUT2D eigenvalue weighted by molar-refractivity contribution is -0.138. The number of nitrogens with zero attached hydrogens (tertiary/aromatic N) is 3. The minimum Gasteiger partial charge on any atom is -0.295 e. The number of benzene rings is 1. The van der Waals surface area contributed by atoms with Crippen molar-refractivity contribution in [2.24, 2.45) is 0 Å². The van der Waals surface area contributed by atoms with E-state index in [4.69, 9.17) is 0 Å². The van der Waals surface area contributed by atoms with Crippen molar-refractivity contribution >= 4 is 11.8 Å². The van der Waals surface area contributed by atoms with E-state index in [2.05, 4.69) is 15.6 Å². The lowest BCUT2D eigenvalue weighted by Gasteiger charge is -2.20. The molecule has 0 radical (unpaired) electrons. The third kappa shape index (κ3) is 3.08. The van der Waals surface area contributed by atoms with Crippen molar-refractivity contribution in [3.63, 3.8) is 0 Å². The monoisotopic (exact) mass is 324 g/mol. The lowest BCUT2D eigenvalue weighted by atomic mass is 10.1. The minimum atomic E-state index is -4.45. The van der Waals surface area contributed by atoms with Crippen LogP contribution in [0, 0.1) is 0 Å². The van der Waals surface area contributed by atoms with Gasteiger partial charge in [-0.05, 0) is 18.6 Å². The number of halogens is 3. The summed E-state index contributed by atoms with van der Waals surface area (Å²) in [6.07, 6.45) is -2.60. The van der Waals surface area contributed by atoms with Gasteiger partial charge >= 0.3 is 6.18 Å². The summed E-state index contributed by atoms with van der Waals surface area (Å²) >= 11 is 0. The van der Waals surface area contributed by atoms with Crippen LogP contribution in [0.5, 0.6) is 0 Å². The minimum absolute atomic E-state index is 0.176. The maximum atomic E-state index is 12.7. The number of alkyl halides is 3. The molecule has 1 aliphatic rings. The second-order valence-electron chi connectivity index (χ2n) is 5.13. The second kappa shape index (κ2) is 5.49. The number of hydrogen-bond donors (Lipinski definition) is 1. The molecular formula is C14H11F3N4O2. The van der Waals surface area contributed by atoms with Crippen LogP contribution in [0.15, 0.2) is 30.5 Å². The van der Waals surface area contributed by atoms with Crippen LogP contribution in [0.4, 0.5) is 13.2 Å². The van der Waals surface area contributed by atoms with Crippen LogP contribution in [0.25, 0.3) is 11.3 Å². The van der Waals surface area contributed by atoms with Crippen LogP contribution in [0.3, 0.4) is 0 Å². The summed E-state index contributed by atoms with van der Waals surface area (Å²) in [5, 5.41) is 9.81. The highest BCUT2D eigenvalue weighted by molar-refractivity contribution is 5.99. The van der Waals surface area contributed by atoms with E-state index in [-0.39, 0.29) is 30.0 Å². The lowest BCUT2D eigenvalue weighted by Crippen LogP contribution is -2.41. The Balaban J connectivity index is 1.88. The molecule has 6 nitrogen and oxygen atoms in total. The van der Waals surface area contributed by atoms with Gasteiger partial charge in [0.05, 0.1) is 11.8 Å². The molecule has 1 aromatic heterocycles. The Morgan fingerprint density at radius 2 is 2.04 bits per heavy atom. The predicted octanol–water partition coefficient (Wildman–Crippen LogP) is 1.94. The molecular weight excluding hydrogens is 313 g/mol. The maximum absolute atomic E-state index is 12.7. The number of carbonyl (C=O) groups excluding carboxylic acids is 2. The summed E-state index contributed by atoms with van der Waals surface area (Å²) in [4.78, 5) is 22.9. The van der Waals surface area contributed by atoms with Crippen molar-refractivity contribution in [3.8, 4) is 11.3 Å². The average Bonchev–Trinajstić information content (AvgIpc) is 2.96. The van der Waals surface area contributed by atoms with Crippen LogP contribution < -0.4 is 5.32 Å². The Kier molecular flexibility index (Phi) is 3.63. The Hall–Kier alpha value is -2.71. The van der Waals surface area contributed by atoms with Crippen LogP contribution in [-0.4, -0.2) is 26.8 Å². The van der Waals surface area contributed by atoms with E-state index in [0.717, 1.165) is 12.1 Å². The molecule has 1 atom stereocenters. The molecule has 1 aliphatic heterocycles. The van der Waals surface area contributed by atoms with E-state index in [1.807, 2.05) is 0 Å². The number of amides is 2. The molecule has 1 N–H and O–H groups in total. The van der Waals surface area contributed by atoms with Crippen molar-refractivity contribution in [1.29, 1.82) is 0 Å². The van der Waals surface area contributed by atoms with Crippen LogP contribution >= 0.6 is 0 Å². The molecule has 23 heavy (non-hydrogen) atoms. The third-order valence-corrected chi connectivity index (χ3v) is 3.53. The normalized spacial score (nSPS) is 18.8. The number of hydrogen-bond acceptors (Lipinski definition) is 4. The molecule has 3 rings (SSSR count). The molecule has 9 heteroatoms. The number of nitrogens with one attached hydrogen (secondary N) is 1. The SMILES string of the molecule is O=C1CCC(n2cc(-c3cccc(C(F)(F)F)c3)nn2)C(=O)N1. The van der Waals surface area contributed by atoms with Gasteiger partial charge in [-0.15, -0.1) is 5.10 Å². The Labute approximate surface area is 128 Å². The van der Waals surface area contributed by atoms with Gasteiger partial charge in [0, 0.05) is 12.0 Å². The Bertz CT molecular complexity index is 769. The number of carbonyl (C=O) groups is 2. The van der Waals surface area contributed by atoms with Gasteiger partial charge in [0.2, 0.25) is 5.91 Å². The van der Waals surface area contributed by atoms with Gasteiger partial charge in [-0.2, -0.15) is 13.2 Å². The second-order valence-corrected chi connectivity index (χ2v) is 5.13. The average molecular weight is 324 g/mol.